The summed E-state index contributed by atoms with van der Waals surface area (Å²) < 4.78 is 57.7. The number of benzene rings is 1. The molecule has 2 aliphatic heterocycles. The van der Waals surface area contributed by atoms with Crippen LogP contribution in [0, 0.1) is 5.82 Å². The molecule has 0 saturated carbocycles. The first-order valence-electron chi connectivity index (χ1n) is 11.1. The van der Waals surface area contributed by atoms with Crippen LogP contribution in [0.25, 0.3) is 0 Å². The van der Waals surface area contributed by atoms with Gasteiger partial charge in [0.05, 0.1) is 55.7 Å². The number of rotatable bonds is 8. The Kier molecular flexibility index (Phi) is 8.39. The zero-order valence-electron chi connectivity index (χ0n) is 18.9. The summed E-state index contributed by atoms with van der Waals surface area (Å²) in [5.74, 6) is -1.20. The zero-order valence-corrected chi connectivity index (χ0v) is 19.7. The molecule has 13 heteroatoms. The third-order valence-corrected chi connectivity index (χ3v) is 5.76. The van der Waals surface area contributed by atoms with Crippen LogP contribution in [0.2, 0.25) is 5.28 Å². The van der Waals surface area contributed by atoms with Gasteiger partial charge >= 0.3 is 0 Å². The maximum Gasteiger partial charge on any atom is 0.266 e. The molecule has 2 aromatic rings. The van der Waals surface area contributed by atoms with Crippen LogP contribution in [-0.4, -0.2) is 60.4 Å². The number of nitrogens with zero attached hydrogens (tertiary/aromatic N) is 3. The molecule has 0 aliphatic carbocycles. The molecule has 2 fully saturated rings. The van der Waals surface area contributed by atoms with E-state index in [1.54, 1.807) is 11.9 Å². The van der Waals surface area contributed by atoms with E-state index in [9.17, 15) is 18.0 Å². The number of amides is 1. The van der Waals surface area contributed by atoms with Gasteiger partial charge in [0.15, 0.2) is 6.29 Å². The van der Waals surface area contributed by atoms with Gasteiger partial charge in [-0.05, 0) is 18.5 Å². The molecule has 1 aromatic heterocycles. The Morgan fingerprint density at radius 3 is 2.54 bits per heavy atom. The number of hydrogen-bond donors (Lipinski definition) is 2. The van der Waals surface area contributed by atoms with Gasteiger partial charge in [0.2, 0.25) is 11.2 Å². The largest absolute Gasteiger partial charge is 0.379 e. The molecular weight excluding hydrogens is 491 g/mol. The van der Waals surface area contributed by atoms with Crippen molar-refractivity contribution in [2.75, 3.05) is 44.8 Å². The van der Waals surface area contributed by atoms with E-state index in [0.29, 0.717) is 45.1 Å². The van der Waals surface area contributed by atoms with Crippen molar-refractivity contribution in [1.29, 1.82) is 0 Å². The second-order valence-electron chi connectivity index (χ2n) is 8.00. The Morgan fingerprint density at radius 1 is 1.17 bits per heavy atom. The third-order valence-electron chi connectivity index (χ3n) is 5.59. The normalized spacial score (nSPS) is 18.1. The minimum atomic E-state index is -2.96. The van der Waals surface area contributed by atoms with Crippen LogP contribution in [0.1, 0.15) is 48.1 Å². The van der Waals surface area contributed by atoms with Crippen LogP contribution in [0.3, 0.4) is 0 Å². The predicted octanol–water partition coefficient (Wildman–Crippen LogP) is 3.33. The zero-order chi connectivity index (χ0) is 24.9. The monoisotopic (exact) mass is 515 g/mol. The molecule has 35 heavy (non-hydrogen) atoms. The highest BCUT2D eigenvalue weighted by molar-refractivity contribution is 6.28. The Bertz CT molecular complexity index is 1050. The first kappa shape index (κ1) is 25.6. The molecule has 0 bridgehead atoms. The molecule has 0 radical (unpaired) electrons. The maximum atomic E-state index is 14.7. The summed E-state index contributed by atoms with van der Waals surface area (Å²) in [6, 6.07) is 3.01. The Balaban J connectivity index is 1.62. The highest BCUT2D eigenvalue weighted by Gasteiger charge is 2.30. The number of ether oxygens (including phenoxy) is 3. The molecule has 0 spiro atoms. The third kappa shape index (κ3) is 6.19. The molecule has 1 unspecified atom stereocenters. The van der Waals surface area contributed by atoms with Crippen LogP contribution in [0.4, 0.5) is 19.0 Å². The molecule has 3 heterocycles. The molecule has 1 amide bonds. The van der Waals surface area contributed by atoms with Crippen LogP contribution in [0.5, 0.6) is 0 Å². The van der Waals surface area contributed by atoms with E-state index >= 15 is 0 Å². The first-order valence-corrected chi connectivity index (χ1v) is 11.5. The molecule has 1 aromatic carbocycles. The lowest BCUT2D eigenvalue weighted by atomic mass is 10.0. The van der Waals surface area contributed by atoms with Gasteiger partial charge in [-0.1, -0.05) is 18.2 Å². The van der Waals surface area contributed by atoms with E-state index in [1.807, 2.05) is 0 Å². The van der Waals surface area contributed by atoms with Crippen LogP contribution >= 0.6 is 11.6 Å². The first-order chi connectivity index (χ1) is 16.8. The highest BCUT2D eigenvalue weighted by Crippen LogP contribution is 2.35. The van der Waals surface area contributed by atoms with Gasteiger partial charge in [-0.25, -0.2) is 28.1 Å². The fourth-order valence-corrected chi connectivity index (χ4v) is 4.09. The fraction of sp³-hybridized carbons (Fsp3) is 0.500. The fourth-order valence-electron chi connectivity index (χ4n) is 3.90. The average Bonchev–Trinajstić information content (AvgIpc) is 3.33. The molecule has 2 N–H and O–H groups in total. The quantitative estimate of drug-likeness (QED) is 0.517. The van der Waals surface area contributed by atoms with Crippen molar-refractivity contribution >= 4 is 23.3 Å². The van der Waals surface area contributed by atoms with E-state index in [-0.39, 0.29) is 34.7 Å². The second-order valence-corrected chi connectivity index (χ2v) is 8.34. The standard InChI is InChI=1S/C22H25ClF3N5O4/c1-12(13-3-2-4-14(18(13)24)19(25)26)27-20-17(21-34-9-10-35-21)15(28-22(23)29-20)11-16(32)30-31-5-7-33-8-6-31/h2-4,12,19,21H,5-11H2,1H3,(H,30,32)(H,27,28,29). The Labute approximate surface area is 204 Å². The van der Waals surface area contributed by atoms with Crippen molar-refractivity contribution in [2.45, 2.75) is 32.1 Å². The second kappa shape index (κ2) is 11.5. The number of nitrogens with one attached hydrogen (secondary N) is 2. The van der Waals surface area contributed by atoms with Crippen molar-refractivity contribution in [1.82, 2.24) is 20.4 Å². The van der Waals surface area contributed by atoms with Gasteiger partial charge < -0.3 is 19.5 Å². The SMILES string of the molecule is CC(Nc1nc(Cl)nc(CC(=O)NN2CCOCC2)c1C1OCCO1)c1cccc(C(F)F)c1F. The number of carbonyl (C=O) groups excluding carboxylic acids is 1. The van der Waals surface area contributed by atoms with Gasteiger partial charge in [0.1, 0.15) is 11.6 Å². The van der Waals surface area contributed by atoms with E-state index in [1.165, 1.54) is 12.1 Å². The maximum absolute atomic E-state index is 14.7. The molecule has 2 aliphatic rings. The number of morpholine rings is 1. The lowest BCUT2D eigenvalue weighted by Gasteiger charge is -2.27. The molecule has 1 atom stereocenters. The van der Waals surface area contributed by atoms with Crippen molar-refractivity contribution in [3.05, 3.63) is 51.7 Å². The van der Waals surface area contributed by atoms with Gasteiger partial charge in [0, 0.05) is 18.7 Å². The summed E-state index contributed by atoms with van der Waals surface area (Å²) in [5.41, 5.74) is 2.72. The number of aromatic nitrogens is 2. The van der Waals surface area contributed by atoms with Gasteiger partial charge in [0.25, 0.3) is 6.43 Å². The number of hydrazine groups is 1. The van der Waals surface area contributed by atoms with Gasteiger partial charge in [-0.15, -0.1) is 0 Å². The van der Waals surface area contributed by atoms with Crippen LogP contribution in [-0.2, 0) is 25.4 Å². The molecule has 190 valence electrons. The number of carbonyl (C=O) groups is 1. The van der Waals surface area contributed by atoms with Crippen molar-refractivity contribution < 1.29 is 32.2 Å². The summed E-state index contributed by atoms with van der Waals surface area (Å²) in [6.45, 7) is 4.32. The van der Waals surface area contributed by atoms with Gasteiger partial charge in [-0.3, -0.25) is 10.2 Å². The topological polar surface area (TPSA) is 97.8 Å². The molecular formula is C22H25ClF3N5O4. The van der Waals surface area contributed by atoms with E-state index in [4.69, 9.17) is 25.8 Å². The molecule has 9 nitrogen and oxygen atoms in total. The number of halogens is 4. The minimum absolute atomic E-state index is 0.0170. The van der Waals surface area contributed by atoms with Crippen molar-refractivity contribution in [3.63, 3.8) is 0 Å². The van der Waals surface area contributed by atoms with E-state index in [0.717, 1.165) is 6.07 Å². The Morgan fingerprint density at radius 2 is 1.86 bits per heavy atom. The van der Waals surface area contributed by atoms with Crippen molar-refractivity contribution in [2.24, 2.45) is 0 Å². The minimum Gasteiger partial charge on any atom is -0.379 e. The predicted molar refractivity (Wildman–Crippen MR) is 119 cm³/mol. The van der Waals surface area contributed by atoms with Gasteiger partial charge in [-0.2, -0.15) is 0 Å². The van der Waals surface area contributed by atoms with Crippen LogP contribution < -0.4 is 10.7 Å². The molecule has 4 rings (SSSR count). The van der Waals surface area contributed by atoms with Crippen LogP contribution in [0.15, 0.2) is 18.2 Å². The number of hydrogen-bond acceptors (Lipinski definition) is 8. The van der Waals surface area contributed by atoms with E-state index in [2.05, 4.69) is 20.7 Å². The highest BCUT2D eigenvalue weighted by atomic mass is 35.5. The lowest BCUT2D eigenvalue weighted by molar-refractivity contribution is -0.127. The van der Waals surface area contributed by atoms with E-state index < -0.39 is 30.1 Å². The summed E-state index contributed by atoms with van der Waals surface area (Å²) in [4.78, 5) is 21.2. The Hall–Kier alpha value is -2.51. The summed E-state index contributed by atoms with van der Waals surface area (Å²) in [7, 11) is 0. The lowest BCUT2D eigenvalue weighted by Crippen LogP contribution is -2.49. The number of anilines is 1. The van der Waals surface area contributed by atoms with Crippen molar-refractivity contribution in [3.8, 4) is 0 Å². The summed E-state index contributed by atoms with van der Waals surface area (Å²) in [6.07, 6.45) is -4.00. The smallest absolute Gasteiger partial charge is 0.266 e. The summed E-state index contributed by atoms with van der Waals surface area (Å²) in [5, 5.41) is 4.60. The number of alkyl halides is 2. The molecule has 2 saturated heterocycles. The average molecular weight is 516 g/mol. The summed E-state index contributed by atoms with van der Waals surface area (Å²) >= 11 is 6.16.